The summed E-state index contributed by atoms with van der Waals surface area (Å²) in [5.74, 6) is 1.74. The van der Waals surface area contributed by atoms with E-state index in [1.165, 1.54) is 0 Å². The molecule has 27 heavy (non-hydrogen) atoms. The van der Waals surface area contributed by atoms with Gasteiger partial charge in [-0.2, -0.15) is 0 Å². The predicted molar refractivity (Wildman–Crippen MR) is 99.9 cm³/mol. The van der Waals surface area contributed by atoms with Gasteiger partial charge in [-0.25, -0.2) is 0 Å². The van der Waals surface area contributed by atoms with Crippen molar-refractivity contribution in [3.8, 4) is 5.75 Å². The number of benzene rings is 1. The lowest BCUT2D eigenvalue weighted by Gasteiger charge is -2.43. The molecule has 0 radical (unpaired) electrons. The van der Waals surface area contributed by atoms with Crippen molar-refractivity contribution in [2.45, 2.75) is 31.4 Å². The zero-order valence-electron chi connectivity index (χ0n) is 15.7. The Morgan fingerprint density at radius 3 is 2.67 bits per heavy atom. The summed E-state index contributed by atoms with van der Waals surface area (Å²) < 4.78 is 11.2. The number of hydrogen-bond donors (Lipinski definition) is 1. The Bertz CT molecular complexity index is 718. The molecule has 6 nitrogen and oxygen atoms in total. The van der Waals surface area contributed by atoms with Crippen LogP contribution in [0.3, 0.4) is 0 Å². The third kappa shape index (κ3) is 3.13. The van der Waals surface area contributed by atoms with E-state index in [0.717, 1.165) is 70.0 Å². The molecule has 4 atom stereocenters. The van der Waals surface area contributed by atoms with Crippen molar-refractivity contribution >= 4 is 5.91 Å². The molecular formula is C21H28N2O4. The highest BCUT2D eigenvalue weighted by molar-refractivity contribution is 5.97. The summed E-state index contributed by atoms with van der Waals surface area (Å²) in [4.78, 5) is 17.5. The largest absolute Gasteiger partial charge is 0.492 e. The molecule has 146 valence electrons. The van der Waals surface area contributed by atoms with Gasteiger partial charge in [0.2, 0.25) is 0 Å². The number of hydrogen-bond acceptors (Lipinski definition) is 5. The molecule has 0 unspecified atom stereocenters. The summed E-state index contributed by atoms with van der Waals surface area (Å²) in [5.41, 5.74) is 1.84. The fourth-order valence-corrected chi connectivity index (χ4v) is 5.43. The minimum atomic E-state index is -0.302. The van der Waals surface area contributed by atoms with E-state index in [1.807, 2.05) is 23.1 Å². The van der Waals surface area contributed by atoms with Crippen LogP contribution in [0, 0.1) is 11.8 Å². The molecule has 6 heteroatoms. The Balaban J connectivity index is 1.30. The van der Waals surface area contributed by atoms with E-state index >= 15 is 0 Å². The van der Waals surface area contributed by atoms with Crippen LogP contribution in [0.15, 0.2) is 18.2 Å². The van der Waals surface area contributed by atoms with Crippen LogP contribution in [-0.4, -0.2) is 79.0 Å². The van der Waals surface area contributed by atoms with Gasteiger partial charge >= 0.3 is 0 Å². The highest BCUT2D eigenvalue weighted by Gasteiger charge is 2.45. The maximum absolute atomic E-state index is 13.2. The average Bonchev–Trinajstić information content (AvgIpc) is 3.33. The minimum absolute atomic E-state index is 0.0839. The Kier molecular flexibility index (Phi) is 4.58. The van der Waals surface area contributed by atoms with Crippen molar-refractivity contribution in [3.05, 3.63) is 29.3 Å². The summed E-state index contributed by atoms with van der Waals surface area (Å²) in [6.45, 7) is 5.51. The summed E-state index contributed by atoms with van der Waals surface area (Å²) >= 11 is 0. The fourth-order valence-electron chi connectivity index (χ4n) is 5.43. The first kappa shape index (κ1) is 17.5. The molecule has 1 aromatic rings. The standard InChI is InChI=1S/C21H28N2O4/c24-19-11-16-13-23(12-15(16)10-18(19)22-5-8-26-9-6-22)21(25)17-3-1-2-14-4-7-27-20(14)17/h1-3,15-16,18-19,24H,4-13H2/t15-,16+,18-,19-/m1/s1. The van der Waals surface area contributed by atoms with Gasteiger partial charge in [-0.3, -0.25) is 9.69 Å². The lowest BCUT2D eigenvalue weighted by atomic mass is 9.77. The summed E-state index contributed by atoms with van der Waals surface area (Å²) in [6.07, 6.45) is 2.34. The van der Waals surface area contributed by atoms with Crippen LogP contribution in [-0.2, 0) is 11.2 Å². The second-order valence-electron chi connectivity index (χ2n) is 8.38. The Morgan fingerprint density at radius 1 is 1.07 bits per heavy atom. The molecule has 3 heterocycles. The van der Waals surface area contributed by atoms with Crippen LogP contribution in [0.4, 0.5) is 0 Å². The lowest BCUT2D eigenvalue weighted by Crippen LogP contribution is -2.53. The van der Waals surface area contributed by atoms with Gasteiger partial charge in [-0.05, 0) is 36.3 Å². The minimum Gasteiger partial charge on any atom is -0.492 e. The van der Waals surface area contributed by atoms with Crippen molar-refractivity contribution in [3.63, 3.8) is 0 Å². The Morgan fingerprint density at radius 2 is 1.85 bits per heavy atom. The van der Waals surface area contributed by atoms with E-state index < -0.39 is 0 Å². The molecule has 0 bridgehead atoms. The van der Waals surface area contributed by atoms with Crippen LogP contribution >= 0.6 is 0 Å². The van der Waals surface area contributed by atoms with Crippen molar-refractivity contribution in [1.29, 1.82) is 0 Å². The van der Waals surface area contributed by atoms with Gasteiger partial charge in [-0.15, -0.1) is 0 Å². The maximum Gasteiger partial charge on any atom is 0.257 e. The molecule has 3 aliphatic heterocycles. The van der Waals surface area contributed by atoms with Crippen LogP contribution < -0.4 is 4.74 Å². The van der Waals surface area contributed by atoms with Crippen molar-refractivity contribution < 1.29 is 19.4 Å². The normalized spacial score (nSPS) is 33.4. The molecule has 1 saturated carbocycles. The number of amides is 1. The number of aliphatic hydroxyl groups excluding tert-OH is 1. The summed E-state index contributed by atoms with van der Waals surface area (Å²) in [5, 5.41) is 10.7. The number of fused-ring (bicyclic) bond motifs is 2. The van der Waals surface area contributed by atoms with Gasteiger partial charge in [0.05, 0.1) is 31.5 Å². The number of ether oxygens (including phenoxy) is 2. The second-order valence-corrected chi connectivity index (χ2v) is 8.38. The van der Waals surface area contributed by atoms with Crippen LogP contribution in [0.2, 0.25) is 0 Å². The third-order valence-electron chi connectivity index (χ3n) is 6.86. The number of aliphatic hydroxyl groups is 1. The van der Waals surface area contributed by atoms with Crippen LogP contribution in [0.25, 0.3) is 0 Å². The zero-order chi connectivity index (χ0) is 18.4. The molecule has 4 aliphatic rings. The first-order valence-corrected chi connectivity index (χ1v) is 10.2. The smallest absolute Gasteiger partial charge is 0.257 e. The van der Waals surface area contributed by atoms with Crippen molar-refractivity contribution in [2.75, 3.05) is 46.0 Å². The van der Waals surface area contributed by atoms with E-state index in [9.17, 15) is 9.90 Å². The molecule has 5 rings (SSSR count). The molecule has 1 N–H and O–H groups in total. The Hall–Kier alpha value is -1.63. The van der Waals surface area contributed by atoms with E-state index in [0.29, 0.717) is 24.0 Å². The number of carbonyl (C=O) groups is 1. The topological polar surface area (TPSA) is 62.2 Å². The van der Waals surface area contributed by atoms with Gasteiger partial charge < -0.3 is 19.5 Å². The lowest BCUT2D eigenvalue weighted by molar-refractivity contribution is -0.0520. The predicted octanol–water partition coefficient (Wildman–Crippen LogP) is 1.17. The van der Waals surface area contributed by atoms with Crippen molar-refractivity contribution in [1.82, 2.24) is 9.80 Å². The zero-order valence-corrected chi connectivity index (χ0v) is 15.7. The fraction of sp³-hybridized carbons (Fsp3) is 0.667. The molecule has 2 saturated heterocycles. The highest BCUT2D eigenvalue weighted by Crippen LogP contribution is 2.40. The summed E-state index contributed by atoms with van der Waals surface area (Å²) in [6, 6.07) is 6.10. The highest BCUT2D eigenvalue weighted by atomic mass is 16.5. The molecule has 0 aromatic heterocycles. The first-order valence-electron chi connectivity index (χ1n) is 10.2. The summed E-state index contributed by atoms with van der Waals surface area (Å²) in [7, 11) is 0. The molecule has 1 amide bonds. The second kappa shape index (κ2) is 7.08. The van der Waals surface area contributed by atoms with Gasteiger partial charge in [0.15, 0.2) is 0 Å². The number of carbonyl (C=O) groups excluding carboxylic acids is 1. The Labute approximate surface area is 160 Å². The third-order valence-corrected chi connectivity index (χ3v) is 6.86. The number of morpholine rings is 1. The van der Waals surface area contributed by atoms with E-state index in [-0.39, 0.29) is 18.1 Å². The molecule has 1 aliphatic carbocycles. The van der Waals surface area contributed by atoms with E-state index in [4.69, 9.17) is 9.47 Å². The monoisotopic (exact) mass is 372 g/mol. The maximum atomic E-state index is 13.2. The van der Waals surface area contributed by atoms with Gasteiger partial charge in [0.25, 0.3) is 5.91 Å². The SMILES string of the molecule is O=C(c1cccc2c1OCC2)N1C[C@H]2C[C@@H](N3CCOCC3)[C@H](O)C[C@H]2C1. The first-order chi connectivity index (χ1) is 13.2. The molecule has 1 aromatic carbocycles. The quantitative estimate of drug-likeness (QED) is 0.844. The molecule has 3 fully saturated rings. The number of para-hydroxylation sites is 1. The number of rotatable bonds is 2. The average molecular weight is 372 g/mol. The van der Waals surface area contributed by atoms with Gasteiger partial charge in [0.1, 0.15) is 5.75 Å². The molecule has 0 spiro atoms. The molecular weight excluding hydrogens is 344 g/mol. The van der Waals surface area contributed by atoms with Crippen LogP contribution in [0.1, 0.15) is 28.8 Å². The van der Waals surface area contributed by atoms with Gasteiger partial charge in [-0.1, -0.05) is 12.1 Å². The van der Waals surface area contributed by atoms with Crippen molar-refractivity contribution in [2.24, 2.45) is 11.8 Å². The number of nitrogens with zero attached hydrogens (tertiary/aromatic N) is 2. The van der Waals surface area contributed by atoms with E-state index in [2.05, 4.69) is 4.90 Å². The number of likely N-dealkylation sites (tertiary alicyclic amines) is 1. The van der Waals surface area contributed by atoms with Gasteiger partial charge in [0, 0.05) is 38.6 Å². The van der Waals surface area contributed by atoms with Crippen LogP contribution in [0.5, 0.6) is 5.75 Å². The van der Waals surface area contributed by atoms with E-state index in [1.54, 1.807) is 0 Å².